The first kappa shape index (κ1) is 18.0. The van der Waals surface area contributed by atoms with E-state index in [-0.39, 0.29) is 11.9 Å². The SMILES string of the molecule is Cc1cc(C)n([C@H](C)CC(=O)NC[C@H]2CCCN2CC(C)C)n1. The summed E-state index contributed by atoms with van der Waals surface area (Å²) < 4.78 is 1.95. The van der Waals surface area contributed by atoms with E-state index in [4.69, 9.17) is 0 Å². The molecule has 0 aliphatic carbocycles. The third-order valence-corrected chi connectivity index (χ3v) is 4.58. The van der Waals surface area contributed by atoms with Crippen LogP contribution in [0.25, 0.3) is 0 Å². The minimum absolute atomic E-state index is 0.0963. The molecule has 5 nitrogen and oxygen atoms in total. The first-order valence-corrected chi connectivity index (χ1v) is 8.90. The van der Waals surface area contributed by atoms with Crippen LogP contribution in [0.5, 0.6) is 0 Å². The second kappa shape index (κ2) is 7.95. The van der Waals surface area contributed by atoms with Crippen molar-refractivity contribution in [3.8, 4) is 0 Å². The molecule has 0 aromatic carbocycles. The van der Waals surface area contributed by atoms with Crippen molar-refractivity contribution in [1.82, 2.24) is 20.0 Å². The van der Waals surface area contributed by atoms with Crippen LogP contribution in [0.1, 0.15) is 57.5 Å². The molecule has 1 aromatic heterocycles. The lowest BCUT2D eigenvalue weighted by Crippen LogP contribution is -2.41. The van der Waals surface area contributed by atoms with Crippen molar-refractivity contribution in [2.45, 2.75) is 66.0 Å². The second-order valence-electron chi connectivity index (χ2n) is 7.41. The van der Waals surface area contributed by atoms with Crippen molar-refractivity contribution in [3.63, 3.8) is 0 Å². The normalized spacial score (nSPS) is 20.2. The van der Waals surface area contributed by atoms with E-state index >= 15 is 0 Å². The van der Waals surface area contributed by atoms with E-state index < -0.39 is 0 Å². The Bertz CT molecular complexity index is 523. The molecule has 2 heterocycles. The number of carbonyl (C=O) groups excluding carboxylic acids is 1. The van der Waals surface area contributed by atoms with Crippen LogP contribution in [-0.2, 0) is 4.79 Å². The second-order valence-corrected chi connectivity index (χ2v) is 7.41. The molecule has 1 aliphatic rings. The van der Waals surface area contributed by atoms with Crippen LogP contribution < -0.4 is 5.32 Å². The minimum Gasteiger partial charge on any atom is -0.354 e. The number of hydrogen-bond acceptors (Lipinski definition) is 3. The van der Waals surface area contributed by atoms with Gasteiger partial charge in [0.1, 0.15) is 0 Å². The number of aromatic nitrogens is 2. The van der Waals surface area contributed by atoms with E-state index in [0.29, 0.717) is 18.4 Å². The summed E-state index contributed by atoms with van der Waals surface area (Å²) in [5.41, 5.74) is 2.12. The van der Waals surface area contributed by atoms with E-state index in [0.717, 1.165) is 24.5 Å². The fourth-order valence-electron chi connectivity index (χ4n) is 3.59. The van der Waals surface area contributed by atoms with Gasteiger partial charge in [-0.2, -0.15) is 5.10 Å². The molecule has 1 saturated heterocycles. The van der Waals surface area contributed by atoms with Gasteiger partial charge in [0.2, 0.25) is 5.91 Å². The summed E-state index contributed by atoms with van der Waals surface area (Å²) in [6.45, 7) is 13.7. The molecule has 0 saturated carbocycles. The van der Waals surface area contributed by atoms with E-state index in [2.05, 4.69) is 42.2 Å². The van der Waals surface area contributed by atoms with Crippen molar-refractivity contribution in [1.29, 1.82) is 0 Å². The van der Waals surface area contributed by atoms with Gasteiger partial charge in [0, 0.05) is 31.2 Å². The lowest BCUT2D eigenvalue weighted by Gasteiger charge is -2.26. The molecular formula is C18H32N4O. The molecule has 0 bridgehead atoms. The van der Waals surface area contributed by atoms with Crippen molar-refractivity contribution >= 4 is 5.91 Å². The van der Waals surface area contributed by atoms with Crippen LogP contribution in [0, 0.1) is 19.8 Å². The Kier molecular flexibility index (Phi) is 6.22. The Balaban J connectivity index is 1.79. The van der Waals surface area contributed by atoms with Crippen molar-refractivity contribution in [2.75, 3.05) is 19.6 Å². The lowest BCUT2D eigenvalue weighted by molar-refractivity contribution is -0.122. The number of carbonyl (C=O) groups is 1. The third kappa shape index (κ3) is 5.06. The van der Waals surface area contributed by atoms with Crippen LogP contribution in [0.15, 0.2) is 6.07 Å². The van der Waals surface area contributed by atoms with Gasteiger partial charge in [0.05, 0.1) is 11.7 Å². The zero-order valence-electron chi connectivity index (χ0n) is 15.3. The van der Waals surface area contributed by atoms with Crippen molar-refractivity contribution in [2.24, 2.45) is 5.92 Å². The summed E-state index contributed by atoms with van der Waals surface area (Å²) in [5, 5.41) is 7.61. The van der Waals surface area contributed by atoms with Gasteiger partial charge in [0.15, 0.2) is 0 Å². The van der Waals surface area contributed by atoms with E-state index in [1.807, 2.05) is 18.5 Å². The quantitative estimate of drug-likeness (QED) is 0.840. The highest BCUT2D eigenvalue weighted by molar-refractivity contribution is 5.76. The smallest absolute Gasteiger partial charge is 0.222 e. The number of amides is 1. The van der Waals surface area contributed by atoms with Gasteiger partial charge in [0.25, 0.3) is 0 Å². The molecule has 5 heteroatoms. The molecule has 130 valence electrons. The Labute approximate surface area is 140 Å². The standard InChI is InChI=1S/C18H32N4O/c1-13(2)12-21-8-6-7-17(21)11-19-18(23)10-16(5)22-15(4)9-14(3)20-22/h9,13,16-17H,6-8,10-12H2,1-5H3,(H,19,23)/t16-,17-/m1/s1. The zero-order chi connectivity index (χ0) is 17.0. The number of nitrogens with one attached hydrogen (secondary N) is 1. The number of aryl methyl sites for hydroxylation is 2. The molecule has 1 aliphatic heterocycles. The Morgan fingerprint density at radius 1 is 1.39 bits per heavy atom. The maximum atomic E-state index is 12.3. The van der Waals surface area contributed by atoms with Crippen LogP contribution >= 0.6 is 0 Å². The van der Waals surface area contributed by atoms with Crippen LogP contribution in [0.3, 0.4) is 0 Å². The molecule has 2 atom stereocenters. The highest BCUT2D eigenvalue weighted by Gasteiger charge is 2.25. The number of nitrogens with zero attached hydrogens (tertiary/aromatic N) is 3. The number of likely N-dealkylation sites (tertiary alicyclic amines) is 1. The van der Waals surface area contributed by atoms with Crippen LogP contribution in [0.4, 0.5) is 0 Å². The van der Waals surface area contributed by atoms with Crippen molar-refractivity contribution < 1.29 is 4.79 Å². The average Bonchev–Trinajstić information content (AvgIpc) is 3.02. The number of hydrogen-bond donors (Lipinski definition) is 1. The summed E-state index contributed by atoms with van der Waals surface area (Å²) in [5.74, 6) is 0.804. The molecule has 1 aromatic rings. The fraction of sp³-hybridized carbons (Fsp3) is 0.778. The van der Waals surface area contributed by atoms with Gasteiger partial charge in [-0.3, -0.25) is 14.4 Å². The summed E-state index contributed by atoms with van der Waals surface area (Å²) in [6, 6.07) is 2.65. The molecule has 0 spiro atoms. The van der Waals surface area contributed by atoms with E-state index in [9.17, 15) is 4.79 Å². The monoisotopic (exact) mass is 320 g/mol. The van der Waals surface area contributed by atoms with Gasteiger partial charge in [-0.05, 0) is 52.1 Å². The predicted octanol–water partition coefficient (Wildman–Crippen LogP) is 2.69. The van der Waals surface area contributed by atoms with Crippen LogP contribution in [0.2, 0.25) is 0 Å². The summed E-state index contributed by atoms with van der Waals surface area (Å²) in [4.78, 5) is 14.8. The molecular weight excluding hydrogens is 288 g/mol. The predicted molar refractivity (Wildman–Crippen MR) is 93.5 cm³/mol. The molecule has 0 unspecified atom stereocenters. The summed E-state index contributed by atoms with van der Waals surface area (Å²) in [7, 11) is 0. The van der Waals surface area contributed by atoms with Gasteiger partial charge >= 0.3 is 0 Å². The van der Waals surface area contributed by atoms with Crippen molar-refractivity contribution in [3.05, 3.63) is 17.5 Å². The molecule has 1 fully saturated rings. The molecule has 2 rings (SSSR count). The maximum absolute atomic E-state index is 12.3. The Morgan fingerprint density at radius 2 is 2.13 bits per heavy atom. The Hall–Kier alpha value is -1.36. The molecule has 1 amide bonds. The summed E-state index contributed by atoms with van der Waals surface area (Å²) >= 11 is 0. The van der Waals surface area contributed by atoms with E-state index in [1.54, 1.807) is 0 Å². The van der Waals surface area contributed by atoms with Crippen LogP contribution in [-0.4, -0.2) is 46.3 Å². The highest BCUT2D eigenvalue weighted by atomic mass is 16.1. The van der Waals surface area contributed by atoms with Gasteiger partial charge < -0.3 is 5.32 Å². The molecule has 1 N–H and O–H groups in total. The molecule has 0 radical (unpaired) electrons. The molecule has 23 heavy (non-hydrogen) atoms. The fourth-order valence-corrected chi connectivity index (χ4v) is 3.59. The minimum atomic E-state index is 0.0963. The average molecular weight is 320 g/mol. The highest BCUT2D eigenvalue weighted by Crippen LogP contribution is 2.18. The topological polar surface area (TPSA) is 50.2 Å². The Morgan fingerprint density at radius 3 is 2.74 bits per heavy atom. The summed E-state index contributed by atoms with van der Waals surface area (Å²) in [6.07, 6.45) is 2.92. The van der Waals surface area contributed by atoms with Gasteiger partial charge in [-0.15, -0.1) is 0 Å². The zero-order valence-corrected chi connectivity index (χ0v) is 15.3. The third-order valence-electron chi connectivity index (χ3n) is 4.58. The lowest BCUT2D eigenvalue weighted by atomic mass is 10.1. The maximum Gasteiger partial charge on any atom is 0.222 e. The van der Waals surface area contributed by atoms with E-state index in [1.165, 1.54) is 19.4 Å². The van der Waals surface area contributed by atoms with Gasteiger partial charge in [-0.25, -0.2) is 0 Å². The van der Waals surface area contributed by atoms with Gasteiger partial charge in [-0.1, -0.05) is 13.8 Å². The largest absolute Gasteiger partial charge is 0.354 e. The first-order valence-electron chi connectivity index (χ1n) is 8.90. The number of rotatable bonds is 7. The first-order chi connectivity index (χ1) is 10.9.